The van der Waals surface area contributed by atoms with E-state index in [2.05, 4.69) is 27.7 Å². The molecule has 8 aliphatic rings. The number of allylic oxidation sites excluding steroid dienone is 2. The van der Waals surface area contributed by atoms with Gasteiger partial charge in [-0.25, -0.2) is 0 Å². The van der Waals surface area contributed by atoms with E-state index < -0.39 is 0 Å². The zero-order chi connectivity index (χ0) is 43.7. The lowest BCUT2D eigenvalue weighted by Crippen LogP contribution is -2.48. The molecule has 6 heteroatoms. The molecule has 0 saturated heterocycles. The molecular formula is C56H88O6. The average Bonchev–Trinajstić information content (AvgIpc) is 3.77. The zero-order valence-electron chi connectivity index (χ0n) is 40.0. The number of unbranched alkanes of at least 4 members (excludes halogenated alkanes) is 12. The number of carbonyl (C=O) groups excluding carboxylic acids is 4. The van der Waals surface area contributed by atoms with Crippen molar-refractivity contribution in [1.29, 1.82) is 0 Å². The van der Waals surface area contributed by atoms with Crippen molar-refractivity contribution in [2.24, 2.45) is 58.2 Å². The van der Waals surface area contributed by atoms with Gasteiger partial charge in [0.15, 0.2) is 11.6 Å². The summed E-state index contributed by atoms with van der Waals surface area (Å²) in [7, 11) is 0. The van der Waals surface area contributed by atoms with E-state index in [1.165, 1.54) is 127 Å². The second-order valence-electron chi connectivity index (χ2n) is 22.6. The standard InChI is InChI=1S/2C28H44O3/c2*1-3-4-5-6-7-8-9-10-27(30)31-26-16-15-25-24-13-11-20-19-21(29)12-14-22(20)23(24)17-18-28(25,26)2/h2*19,22-26H,3-18H2,1-2H3/t2*22-,23+,24+,25-,26-,28-/m00/s1. The predicted molar refractivity (Wildman–Crippen MR) is 249 cm³/mol. The van der Waals surface area contributed by atoms with E-state index >= 15 is 0 Å². The number of rotatable bonds is 18. The van der Waals surface area contributed by atoms with Crippen molar-refractivity contribution in [3.8, 4) is 0 Å². The summed E-state index contributed by atoms with van der Waals surface area (Å²) in [6.45, 7) is 9.33. The maximum absolute atomic E-state index is 12.6. The van der Waals surface area contributed by atoms with Gasteiger partial charge in [-0.3, -0.25) is 19.2 Å². The summed E-state index contributed by atoms with van der Waals surface area (Å²) >= 11 is 0. The first-order valence-corrected chi connectivity index (χ1v) is 26.9. The van der Waals surface area contributed by atoms with E-state index in [1.54, 1.807) is 0 Å². The normalized spacial score (nSPS) is 36.9. The van der Waals surface area contributed by atoms with Gasteiger partial charge in [0.05, 0.1) is 0 Å². The van der Waals surface area contributed by atoms with Gasteiger partial charge in [0.1, 0.15) is 12.2 Å². The summed E-state index contributed by atoms with van der Waals surface area (Å²) in [5, 5.41) is 0. The van der Waals surface area contributed by atoms with Gasteiger partial charge in [-0.15, -0.1) is 0 Å². The van der Waals surface area contributed by atoms with Crippen LogP contribution in [-0.4, -0.2) is 35.7 Å². The van der Waals surface area contributed by atoms with Crippen molar-refractivity contribution in [3.05, 3.63) is 23.3 Å². The van der Waals surface area contributed by atoms with Crippen LogP contribution in [0.2, 0.25) is 0 Å². The van der Waals surface area contributed by atoms with Crippen LogP contribution in [0.4, 0.5) is 0 Å². The molecule has 12 atom stereocenters. The lowest BCUT2D eigenvalue weighted by Gasteiger charge is -2.53. The van der Waals surface area contributed by atoms with Gasteiger partial charge in [0.25, 0.3) is 0 Å². The molecule has 0 bridgehead atoms. The lowest BCUT2D eigenvalue weighted by molar-refractivity contribution is -0.159. The van der Waals surface area contributed by atoms with Gasteiger partial charge in [-0.05, 0) is 162 Å². The highest BCUT2D eigenvalue weighted by atomic mass is 16.5. The largest absolute Gasteiger partial charge is 0.462 e. The Morgan fingerprint density at radius 1 is 0.484 bits per heavy atom. The minimum absolute atomic E-state index is 0.0437. The van der Waals surface area contributed by atoms with E-state index in [9.17, 15) is 19.2 Å². The van der Waals surface area contributed by atoms with Crippen molar-refractivity contribution < 1.29 is 28.7 Å². The fourth-order valence-electron chi connectivity index (χ4n) is 15.5. The number of ketones is 2. The van der Waals surface area contributed by atoms with Gasteiger partial charge in [-0.1, -0.05) is 116 Å². The summed E-state index contributed by atoms with van der Waals surface area (Å²) in [6, 6.07) is 0. The Morgan fingerprint density at radius 2 is 0.871 bits per heavy atom. The van der Waals surface area contributed by atoms with Crippen molar-refractivity contribution >= 4 is 23.5 Å². The van der Waals surface area contributed by atoms with E-state index in [-0.39, 0.29) is 35.0 Å². The third kappa shape index (κ3) is 11.1. The van der Waals surface area contributed by atoms with Gasteiger partial charge in [-0.2, -0.15) is 0 Å². The number of hydrogen-bond donors (Lipinski definition) is 0. The van der Waals surface area contributed by atoms with Crippen LogP contribution in [0.1, 0.15) is 233 Å². The quantitative estimate of drug-likeness (QED) is 0.101. The molecule has 0 radical (unpaired) electrons. The minimum Gasteiger partial charge on any atom is -0.462 e. The first-order chi connectivity index (χ1) is 30.1. The highest BCUT2D eigenvalue weighted by Gasteiger charge is 2.59. The molecule has 8 aliphatic carbocycles. The summed E-state index contributed by atoms with van der Waals surface area (Å²) in [4.78, 5) is 49.0. The molecule has 0 amide bonds. The first-order valence-electron chi connectivity index (χ1n) is 26.9. The van der Waals surface area contributed by atoms with Gasteiger partial charge < -0.3 is 9.47 Å². The smallest absolute Gasteiger partial charge is 0.306 e. The van der Waals surface area contributed by atoms with Crippen molar-refractivity contribution in [1.82, 2.24) is 0 Å². The number of fused-ring (bicyclic) bond motifs is 10. The van der Waals surface area contributed by atoms with E-state index in [0.29, 0.717) is 48.1 Å². The topological polar surface area (TPSA) is 86.7 Å². The Bertz CT molecular complexity index is 1480. The first kappa shape index (κ1) is 47.7. The molecule has 0 spiro atoms. The molecule has 348 valence electrons. The van der Waals surface area contributed by atoms with E-state index in [1.807, 2.05) is 12.2 Å². The van der Waals surface area contributed by atoms with Crippen LogP contribution < -0.4 is 0 Å². The lowest BCUT2D eigenvalue weighted by atomic mass is 9.52. The van der Waals surface area contributed by atoms with Crippen molar-refractivity contribution in [2.45, 2.75) is 245 Å². The molecular weight excluding hydrogens is 769 g/mol. The third-order valence-electron chi connectivity index (χ3n) is 18.9. The Morgan fingerprint density at radius 3 is 1.27 bits per heavy atom. The SMILES string of the molecule is CCCCCCCCCC(=O)O[C@H]1CC[C@H]2[C@@H]3CCC4=CC(=O)CC[C@@H]4[C@H]3CC[C@]12C.CCCCCCCCCC(=O)O[C@H]1CC[C@H]2[C@@H]3CCC4=CC(=O)CC[C@@H]4[C@H]3CC[C@]12C. The molecule has 0 aromatic heterocycles. The van der Waals surface area contributed by atoms with Gasteiger partial charge in [0, 0.05) is 36.5 Å². The molecule has 62 heavy (non-hydrogen) atoms. The van der Waals surface area contributed by atoms with Gasteiger partial charge >= 0.3 is 11.9 Å². The van der Waals surface area contributed by atoms with Crippen LogP contribution >= 0.6 is 0 Å². The average molecular weight is 857 g/mol. The molecule has 0 aliphatic heterocycles. The molecule has 6 nitrogen and oxygen atoms in total. The third-order valence-corrected chi connectivity index (χ3v) is 18.9. The maximum atomic E-state index is 12.6. The number of hydrogen-bond acceptors (Lipinski definition) is 6. The van der Waals surface area contributed by atoms with Crippen LogP contribution in [0.25, 0.3) is 0 Å². The van der Waals surface area contributed by atoms with E-state index in [4.69, 9.17) is 9.47 Å². The monoisotopic (exact) mass is 857 g/mol. The van der Waals surface area contributed by atoms with Crippen LogP contribution in [-0.2, 0) is 28.7 Å². The second-order valence-corrected chi connectivity index (χ2v) is 22.6. The summed E-state index contributed by atoms with van der Waals surface area (Å²) in [5.41, 5.74) is 3.25. The number of esters is 2. The molecule has 0 N–H and O–H groups in total. The van der Waals surface area contributed by atoms with Crippen LogP contribution in [0.5, 0.6) is 0 Å². The van der Waals surface area contributed by atoms with Crippen LogP contribution in [0.15, 0.2) is 23.3 Å². The fourth-order valence-corrected chi connectivity index (χ4v) is 15.5. The molecule has 0 unspecified atom stereocenters. The Labute approximate surface area is 377 Å². The summed E-state index contributed by atoms with van der Waals surface area (Å²) in [6.07, 6.45) is 40.5. The maximum Gasteiger partial charge on any atom is 0.306 e. The molecule has 8 rings (SSSR count). The molecule has 0 aromatic rings. The van der Waals surface area contributed by atoms with Crippen molar-refractivity contribution in [3.63, 3.8) is 0 Å². The fraction of sp³-hybridized carbons (Fsp3) is 0.857. The zero-order valence-corrected chi connectivity index (χ0v) is 40.0. The molecule has 6 saturated carbocycles. The van der Waals surface area contributed by atoms with Gasteiger partial charge in [0.2, 0.25) is 0 Å². The Kier molecular flexibility index (Phi) is 17.2. The van der Waals surface area contributed by atoms with Crippen LogP contribution in [0, 0.1) is 58.2 Å². The van der Waals surface area contributed by atoms with E-state index in [0.717, 1.165) is 101 Å². The van der Waals surface area contributed by atoms with Crippen molar-refractivity contribution in [2.75, 3.05) is 0 Å². The molecule has 0 heterocycles. The summed E-state index contributed by atoms with van der Waals surface area (Å²) in [5.74, 6) is 6.52. The predicted octanol–water partition coefficient (Wildman–Crippen LogP) is 14.4. The summed E-state index contributed by atoms with van der Waals surface area (Å²) < 4.78 is 12.3. The highest BCUT2D eigenvalue weighted by Crippen LogP contribution is 2.64. The molecule has 6 fully saturated rings. The Hall–Kier alpha value is -2.24. The Balaban J connectivity index is 0.000000186. The molecule has 0 aromatic carbocycles. The van der Waals surface area contributed by atoms with Crippen LogP contribution in [0.3, 0.4) is 0 Å². The second kappa shape index (κ2) is 22.3. The highest BCUT2D eigenvalue weighted by molar-refractivity contribution is 5.91. The number of ether oxygens (including phenoxy) is 2. The number of carbonyl (C=O) groups is 4. The minimum atomic E-state index is 0.0437.